The number of benzene rings is 2. The van der Waals surface area contributed by atoms with Crippen molar-refractivity contribution in [2.24, 2.45) is 0 Å². The zero-order chi connectivity index (χ0) is 16.9. The average molecular weight is 351 g/mol. The van der Waals surface area contributed by atoms with E-state index in [-0.39, 0.29) is 5.75 Å². The Hall–Kier alpha value is -1.50. The molecular weight excluding hydrogens is 330 g/mol. The van der Waals surface area contributed by atoms with Crippen LogP contribution in [0, 0.1) is 0 Å². The SMILES string of the molecule is COc1cc(CN(C)S(=O)(=O)Cc2ccccc2)ccc1SC. The van der Waals surface area contributed by atoms with Gasteiger partial charge in [0.25, 0.3) is 0 Å². The first-order valence-electron chi connectivity index (χ1n) is 7.15. The Morgan fingerprint density at radius 3 is 2.39 bits per heavy atom. The lowest BCUT2D eigenvalue weighted by Crippen LogP contribution is -2.27. The van der Waals surface area contributed by atoms with Crippen LogP contribution in [-0.2, 0) is 22.3 Å². The molecule has 124 valence electrons. The summed E-state index contributed by atoms with van der Waals surface area (Å²) in [5, 5.41) is 0. The molecule has 0 aromatic heterocycles. The van der Waals surface area contributed by atoms with Crippen LogP contribution in [0.5, 0.6) is 5.75 Å². The van der Waals surface area contributed by atoms with Crippen LogP contribution in [0.1, 0.15) is 11.1 Å². The molecule has 0 radical (unpaired) electrons. The summed E-state index contributed by atoms with van der Waals surface area (Å²) in [5.74, 6) is 0.772. The molecule has 0 fully saturated rings. The zero-order valence-electron chi connectivity index (χ0n) is 13.5. The molecule has 0 aliphatic carbocycles. The highest BCUT2D eigenvalue weighted by Gasteiger charge is 2.19. The Morgan fingerprint density at radius 2 is 1.78 bits per heavy atom. The molecule has 0 aliphatic rings. The molecule has 6 heteroatoms. The maximum absolute atomic E-state index is 12.5. The lowest BCUT2D eigenvalue weighted by Gasteiger charge is -2.18. The second-order valence-electron chi connectivity index (χ2n) is 5.19. The minimum Gasteiger partial charge on any atom is -0.496 e. The standard InChI is InChI=1S/C17H21NO3S2/c1-18(23(19,20)13-14-7-5-4-6-8-14)12-15-9-10-17(22-3)16(11-15)21-2/h4-11H,12-13H2,1-3H3. The molecule has 2 rings (SSSR count). The molecule has 0 atom stereocenters. The van der Waals surface area contributed by atoms with E-state index in [1.807, 2.05) is 54.8 Å². The van der Waals surface area contributed by atoms with Gasteiger partial charge in [-0.05, 0) is 29.5 Å². The van der Waals surface area contributed by atoms with Gasteiger partial charge in [-0.25, -0.2) is 12.7 Å². The summed E-state index contributed by atoms with van der Waals surface area (Å²) < 4.78 is 31.7. The van der Waals surface area contributed by atoms with Crippen LogP contribution in [-0.4, -0.2) is 33.1 Å². The number of sulfonamides is 1. The zero-order valence-corrected chi connectivity index (χ0v) is 15.2. The van der Waals surface area contributed by atoms with Crippen LogP contribution in [0.2, 0.25) is 0 Å². The normalized spacial score (nSPS) is 11.7. The second-order valence-corrected chi connectivity index (χ2v) is 8.11. The molecule has 0 saturated carbocycles. The average Bonchev–Trinajstić information content (AvgIpc) is 2.55. The van der Waals surface area contributed by atoms with Crippen LogP contribution in [0.15, 0.2) is 53.4 Å². The molecule has 4 nitrogen and oxygen atoms in total. The molecular formula is C17H21NO3S2. The number of ether oxygens (including phenoxy) is 1. The number of methoxy groups -OCH3 is 1. The third-order valence-corrected chi connectivity index (χ3v) is 6.07. The van der Waals surface area contributed by atoms with Crippen LogP contribution in [0.4, 0.5) is 0 Å². The fourth-order valence-electron chi connectivity index (χ4n) is 2.23. The monoisotopic (exact) mass is 351 g/mol. The third kappa shape index (κ3) is 4.73. The highest BCUT2D eigenvalue weighted by molar-refractivity contribution is 7.98. The topological polar surface area (TPSA) is 46.6 Å². The Bertz CT molecular complexity index is 746. The van der Waals surface area contributed by atoms with E-state index in [9.17, 15) is 8.42 Å². The Labute approximate surface area is 142 Å². The Morgan fingerprint density at radius 1 is 1.09 bits per heavy atom. The van der Waals surface area contributed by atoms with E-state index in [0.29, 0.717) is 6.54 Å². The molecule has 0 bridgehead atoms. The van der Waals surface area contributed by atoms with Crippen molar-refractivity contribution in [3.63, 3.8) is 0 Å². The minimum absolute atomic E-state index is 0.00434. The van der Waals surface area contributed by atoms with Crippen LogP contribution < -0.4 is 4.74 Å². The van der Waals surface area contributed by atoms with Gasteiger partial charge in [-0.3, -0.25) is 0 Å². The summed E-state index contributed by atoms with van der Waals surface area (Å²) in [6.45, 7) is 0.320. The van der Waals surface area contributed by atoms with Crippen molar-refractivity contribution in [2.45, 2.75) is 17.2 Å². The number of hydrogen-bond donors (Lipinski definition) is 0. The fraction of sp³-hybridized carbons (Fsp3) is 0.294. The molecule has 0 spiro atoms. The van der Waals surface area contributed by atoms with Gasteiger partial charge in [-0.2, -0.15) is 0 Å². The lowest BCUT2D eigenvalue weighted by atomic mass is 10.2. The quantitative estimate of drug-likeness (QED) is 0.718. The Balaban J connectivity index is 2.13. The van der Waals surface area contributed by atoms with E-state index in [1.54, 1.807) is 25.9 Å². The van der Waals surface area contributed by atoms with Crippen molar-refractivity contribution in [1.82, 2.24) is 4.31 Å². The maximum Gasteiger partial charge on any atom is 0.218 e. The first kappa shape index (κ1) is 17.8. The maximum atomic E-state index is 12.5. The van der Waals surface area contributed by atoms with Gasteiger partial charge in [0.15, 0.2) is 0 Å². The van der Waals surface area contributed by atoms with Gasteiger partial charge >= 0.3 is 0 Å². The third-order valence-electron chi connectivity index (χ3n) is 3.52. The van der Waals surface area contributed by atoms with Crippen molar-refractivity contribution < 1.29 is 13.2 Å². The van der Waals surface area contributed by atoms with E-state index in [1.165, 1.54) is 4.31 Å². The molecule has 0 aliphatic heterocycles. The summed E-state index contributed by atoms with van der Waals surface area (Å²) in [5.41, 5.74) is 1.69. The van der Waals surface area contributed by atoms with E-state index in [4.69, 9.17) is 4.74 Å². The van der Waals surface area contributed by atoms with Gasteiger partial charge in [-0.15, -0.1) is 11.8 Å². The predicted molar refractivity (Wildman–Crippen MR) is 95.3 cm³/mol. The van der Waals surface area contributed by atoms with E-state index in [2.05, 4.69) is 0 Å². The van der Waals surface area contributed by atoms with Gasteiger partial charge in [0, 0.05) is 18.5 Å². The molecule has 0 unspecified atom stereocenters. The smallest absolute Gasteiger partial charge is 0.218 e. The van der Waals surface area contributed by atoms with Crippen LogP contribution in [0.3, 0.4) is 0 Å². The molecule has 2 aromatic carbocycles. The molecule has 23 heavy (non-hydrogen) atoms. The summed E-state index contributed by atoms with van der Waals surface area (Å²) in [6.07, 6.45) is 1.98. The van der Waals surface area contributed by atoms with Crippen LogP contribution >= 0.6 is 11.8 Å². The lowest BCUT2D eigenvalue weighted by molar-refractivity contribution is 0.402. The second kappa shape index (κ2) is 7.86. The van der Waals surface area contributed by atoms with Gasteiger partial charge in [0.1, 0.15) is 5.75 Å². The van der Waals surface area contributed by atoms with Crippen molar-refractivity contribution >= 4 is 21.8 Å². The van der Waals surface area contributed by atoms with E-state index >= 15 is 0 Å². The number of nitrogens with zero attached hydrogens (tertiary/aromatic N) is 1. The number of hydrogen-bond acceptors (Lipinski definition) is 4. The highest BCUT2D eigenvalue weighted by Crippen LogP contribution is 2.29. The van der Waals surface area contributed by atoms with Crippen molar-refractivity contribution in [3.05, 3.63) is 59.7 Å². The van der Waals surface area contributed by atoms with Gasteiger partial charge in [0.2, 0.25) is 10.0 Å². The largest absolute Gasteiger partial charge is 0.496 e. The van der Waals surface area contributed by atoms with Crippen molar-refractivity contribution in [2.75, 3.05) is 20.4 Å². The number of thioether (sulfide) groups is 1. The van der Waals surface area contributed by atoms with Crippen molar-refractivity contribution in [3.8, 4) is 5.75 Å². The molecule has 0 heterocycles. The predicted octanol–water partition coefficient (Wildman–Crippen LogP) is 3.38. The first-order chi connectivity index (χ1) is 11.0. The Kier molecular flexibility index (Phi) is 6.10. The summed E-state index contributed by atoms with van der Waals surface area (Å²) in [4.78, 5) is 1.03. The van der Waals surface area contributed by atoms with E-state index in [0.717, 1.165) is 21.8 Å². The fourth-order valence-corrected chi connectivity index (χ4v) is 3.96. The summed E-state index contributed by atoms with van der Waals surface area (Å²) in [6, 6.07) is 15.0. The van der Waals surface area contributed by atoms with Gasteiger partial charge in [0.05, 0.1) is 12.9 Å². The summed E-state index contributed by atoms with van der Waals surface area (Å²) in [7, 11) is -0.135. The highest BCUT2D eigenvalue weighted by atomic mass is 32.2. The summed E-state index contributed by atoms with van der Waals surface area (Å²) >= 11 is 1.60. The first-order valence-corrected chi connectivity index (χ1v) is 9.98. The van der Waals surface area contributed by atoms with Crippen molar-refractivity contribution in [1.29, 1.82) is 0 Å². The van der Waals surface area contributed by atoms with Crippen LogP contribution in [0.25, 0.3) is 0 Å². The molecule has 0 saturated heterocycles. The minimum atomic E-state index is -3.36. The molecule has 0 N–H and O–H groups in total. The molecule has 2 aromatic rings. The van der Waals surface area contributed by atoms with E-state index < -0.39 is 10.0 Å². The molecule has 0 amide bonds. The number of rotatable bonds is 7. The van der Waals surface area contributed by atoms with Gasteiger partial charge in [-0.1, -0.05) is 36.4 Å². The van der Waals surface area contributed by atoms with Gasteiger partial charge < -0.3 is 4.74 Å².